The van der Waals surface area contributed by atoms with E-state index in [9.17, 15) is 10.1 Å². The molecule has 30 heavy (non-hydrogen) atoms. The van der Waals surface area contributed by atoms with E-state index >= 15 is 0 Å². The average Bonchev–Trinajstić information content (AvgIpc) is 3.21. The van der Waals surface area contributed by atoms with Crippen LogP contribution in [0.5, 0.6) is 11.5 Å². The van der Waals surface area contributed by atoms with Crippen molar-refractivity contribution in [1.29, 1.82) is 5.26 Å². The summed E-state index contributed by atoms with van der Waals surface area (Å²) in [6, 6.07) is 20.7. The smallest absolute Gasteiger partial charge is 0.339 e. The minimum absolute atomic E-state index is 0.282. The third-order valence-electron chi connectivity index (χ3n) is 4.37. The van der Waals surface area contributed by atoms with Crippen LogP contribution in [-0.2, 0) is 4.74 Å². The van der Waals surface area contributed by atoms with Crippen LogP contribution in [0.25, 0.3) is 5.52 Å². The fourth-order valence-corrected chi connectivity index (χ4v) is 2.97. The van der Waals surface area contributed by atoms with E-state index in [-0.39, 0.29) is 6.61 Å². The van der Waals surface area contributed by atoms with Crippen LogP contribution in [0.15, 0.2) is 73.1 Å². The summed E-state index contributed by atoms with van der Waals surface area (Å²) in [5.41, 5.74) is 2.65. The van der Waals surface area contributed by atoms with Crippen molar-refractivity contribution in [2.24, 2.45) is 0 Å². The molecule has 7 heteroatoms. The molecule has 4 rings (SSSR count). The zero-order valence-corrected chi connectivity index (χ0v) is 16.2. The van der Waals surface area contributed by atoms with Crippen molar-refractivity contribution in [3.8, 4) is 17.6 Å². The number of benzene rings is 2. The van der Waals surface area contributed by atoms with Gasteiger partial charge in [-0.25, -0.2) is 9.31 Å². The fraction of sp³-hybridized carbons (Fsp3) is 0.0870. The fourth-order valence-electron chi connectivity index (χ4n) is 2.97. The zero-order valence-electron chi connectivity index (χ0n) is 16.2. The molecule has 1 N–H and O–H groups in total. The first-order valence-corrected chi connectivity index (χ1v) is 9.36. The van der Waals surface area contributed by atoms with Crippen LogP contribution in [0.3, 0.4) is 0 Å². The molecule has 0 unspecified atom stereocenters. The molecule has 0 fully saturated rings. The minimum atomic E-state index is -0.435. The maximum atomic E-state index is 12.1. The molecule has 0 aliphatic carbocycles. The van der Waals surface area contributed by atoms with Crippen LogP contribution in [0, 0.1) is 11.3 Å². The van der Waals surface area contributed by atoms with E-state index in [0.717, 1.165) is 11.4 Å². The van der Waals surface area contributed by atoms with E-state index in [0.29, 0.717) is 28.1 Å². The van der Waals surface area contributed by atoms with Crippen LogP contribution in [-0.4, -0.2) is 22.2 Å². The molecule has 0 amide bonds. The Balaban J connectivity index is 1.62. The molecule has 0 saturated heterocycles. The summed E-state index contributed by atoms with van der Waals surface area (Å²) in [5.74, 6) is 1.01. The molecule has 0 saturated carbocycles. The zero-order chi connectivity index (χ0) is 20.9. The number of hydrogen-bond acceptors (Lipinski definition) is 6. The Hall–Kier alpha value is -4.31. The normalized spacial score (nSPS) is 10.4. The first-order chi connectivity index (χ1) is 14.7. The Morgan fingerprint density at radius 1 is 1.13 bits per heavy atom. The number of aromatic nitrogens is 2. The van der Waals surface area contributed by atoms with E-state index in [4.69, 9.17) is 9.47 Å². The molecule has 0 spiro atoms. The number of fused-ring (bicyclic) bond motifs is 1. The summed E-state index contributed by atoms with van der Waals surface area (Å²) in [6.45, 7) is 2.03. The molecule has 0 atom stereocenters. The summed E-state index contributed by atoms with van der Waals surface area (Å²) in [5, 5.41) is 17.0. The van der Waals surface area contributed by atoms with E-state index in [1.54, 1.807) is 23.7 Å². The van der Waals surface area contributed by atoms with Crippen LogP contribution < -0.4 is 10.1 Å². The molecular formula is C23H18N4O3. The van der Waals surface area contributed by atoms with Crippen molar-refractivity contribution in [1.82, 2.24) is 9.61 Å². The van der Waals surface area contributed by atoms with Gasteiger partial charge in [-0.05, 0) is 49.4 Å². The van der Waals surface area contributed by atoms with E-state index in [1.807, 2.05) is 54.6 Å². The molecule has 7 nitrogen and oxygen atoms in total. The lowest BCUT2D eigenvalue weighted by molar-refractivity contribution is 0.0526. The minimum Gasteiger partial charge on any atom is -0.462 e. The molecule has 2 aromatic carbocycles. The topological polar surface area (TPSA) is 88.6 Å². The van der Waals surface area contributed by atoms with Gasteiger partial charge in [0.15, 0.2) is 0 Å². The first kappa shape index (κ1) is 19.0. The van der Waals surface area contributed by atoms with Gasteiger partial charge in [-0.1, -0.05) is 18.2 Å². The van der Waals surface area contributed by atoms with E-state index in [1.165, 1.54) is 6.20 Å². The quantitative estimate of drug-likeness (QED) is 0.464. The largest absolute Gasteiger partial charge is 0.462 e. The lowest BCUT2D eigenvalue weighted by Crippen LogP contribution is -2.02. The average molecular weight is 398 g/mol. The van der Waals surface area contributed by atoms with Gasteiger partial charge >= 0.3 is 5.97 Å². The molecule has 0 aliphatic rings. The van der Waals surface area contributed by atoms with Gasteiger partial charge < -0.3 is 14.8 Å². The number of carbonyl (C=O) groups excluding carboxylic acids is 1. The second kappa shape index (κ2) is 8.37. The van der Waals surface area contributed by atoms with Crippen LogP contribution in [0.4, 0.5) is 11.4 Å². The lowest BCUT2D eigenvalue weighted by atomic mass is 10.2. The van der Waals surface area contributed by atoms with Crippen molar-refractivity contribution >= 4 is 22.9 Å². The molecule has 2 aromatic heterocycles. The number of para-hydroxylation sites is 1. The van der Waals surface area contributed by atoms with E-state index in [2.05, 4.69) is 16.5 Å². The molecule has 2 heterocycles. The van der Waals surface area contributed by atoms with Gasteiger partial charge in [0, 0.05) is 11.9 Å². The monoisotopic (exact) mass is 398 g/mol. The highest BCUT2D eigenvalue weighted by atomic mass is 16.5. The Morgan fingerprint density at radius 2 is 1.87 bits per heavy atom. The highest BCUT2D eigenvalue weighted by molar-refractivity contribution is 5.94. The van der Waals surface area contributed by atoms with Crippen LogP contribution in [0.2, 0.25) is 0 Å². The number of nitrogens with zero attached hydrogens (tertiary/aromatic N) is 3. The lowest BCUT2D eigenvalue weighted by Gasteiger charge is -2.11. The van der Waals surface area contributed by atoms with Gasteiger partial charge in [-0.3, -0.25) is 0 Å². The maximum absolute atomic E-state index is 12.1. The Labute approximate surface area is 173 Å². The second-order valence-corrected chi connectivity index (χ2v) is 6.39. The first-order valence-electron chi connectivity index (χ1n) is 9.36. The number of esters is 1. The standard InChI is InChI=1S/C23H18N4O3/c1-2-29-23(28)16-12-21-22(17(13-24)14-25-27(21)15-16)26-18-8-10-20(11-9-18)30-19-6-4-3-5-7-19/h3-12,14-15,26H,2H2,1H3. The summed E-state index contributed by atoms with van der Waals surface area (Å²) in [4.78, 5) is 12.1. The second-order valence-electron chi connectivity index (χ2n) is 6.39. The molecular weight excluding hydrogens is 380 g/mol. The van der Waals surface area contributed by atoms with E-state index < -0.39 is 5.97 Å². The van der Waals surface area contributed by atoms with Crippen molar-refractivity contribution in [3.05, 3.63) is 84.2 Å². The third kappa shape index (κ3) is 3.93. The van der Waals surface area contributed by atoms with Gasteiger partial charge in [-0.2, -0.15) is 10.4 Å². The van der Waals surface area contributed by atoms with Crippen molar-refractivity contribution < 1.29 is 14.3 Å². The predicted molar refractivity (Wildman–Crippen MR) is 112 cm³/mol. The maximum Gasteiger partial charge on any atom is 0.339 e. The number of nitrogens with one attached hydrogen (secondary N) is 1. The van der Waals surface area contributed by atoms with Crippen molar-refractivity contribution in [2.75, 3.05) is 11.9 Å². The highest BCUT2D eigenvalue weighted by Crippen LogP contribution is 2.29. The van der Waals surface area contributed by atoms with Crippen LogP contribution in [0.1, 0.15) is 22.8 Å². The Morgan fingerprint density at radius 3 is 2.57 bits per heavy atom. The molecule has 0 aliphatic heterocycles. The molecule has 0 radical (unpaired) electrons. The third-order valence-corrected chi connectivity index (χ3v) is 4.37. The number of hydrogen-bond donors (Lipinski definition) is 1. The van der Waals surface area contributed by atoms with Gasteiger partial charge in [0.25, 0.3) is 0 Å². The summed E-state index contributed by atoms with van der Waals surface area (Å²) in [6.07, 6.45) is 3.04. The summed E-state index contributed by atoms with van der Waals surface area (Å²) >= 11 is 0. The van der Waals surface area contributed by atoms with Gasteiger partial charge in [0.1, 0.15) is 17.6 Å². The highest BCUT2D eigenvalue weighted by Gasteiger charge is 2.15. The SMILES string of the molecule is CCOC(=O)c1cc2c(Nc3ccc(Oc4ccccc4)cc3)c(C#N)cnn2c1. The number of anilines is 2. The molecule has 0 bridgehead atoms. The number of ether oxygens (including phenoxy) is 2. The predicted octanol–water partition coefficient (Wildman–Crippen LogP) is 4.92. The number of nitriles is 1. The van der Waals surface area contributed by atoms with Crippen molar-refractivity contribution in [3.63, 3.8) is 0 Å². The Kier molecular flexibility index (Phi) is 5.31. The van der Waals surface area contributed by atoms with Crippen LogP contribution >= 0.6 is 0 Å². The Bertz CT molecular complexity index is 1230. The van der Waals surface area contributed by atoms with Gasteiger partial charge in [-0.15, -0.1) is 0 Å². The van der Waals surface area contributed by atoms with Gasteiger partial charge in [0.05, 0.1) is 35.1 Å². The number of carbonyl (C=O) groups is 1. The molecule has 148 valence electrons. The number of rotatable bonds is 6. The molecule has 4 aromatic rings. The summed E-state index contributed by atoms with van der Waals surface area (Å²) < 4.78 is 12.4. The summed E-state index contributed by atoms with van der Waals surface area (Å²) in [7, 11) is 0. The van der Waals surface area contributed by atoms with Gasteiger partial charge in [0.2, 0.25) is 0 Å². The van der Waals surface area contributed by atoms with Crippen molar-refractivity contribution in [2.45, 2.75) is 6.92 Å².